The predicted molar refractivity (Wildman–Crippen MR) is 94.3 cm³/mol. The van der Waals surface area contributed by atoms with Crippen LogP contribution in [-0.4, -0.2) is 44.4 Å². The van der Waals surface area contributed by atoms with Crippen molar-refractivity contribution in [1.82, 2.24) is 19.5 Å². The Morgan fingerprint density at radius 1 is 1.59 bits per heavy atom. The van der Waals surface area contributed by atoms with Crippen LogP contribution in [0.5, 0.6) is 0 Å². The lowest BCUT2D eigenvalue weighted by Gasteiger charge is -2.19. The summed E-state index contributed by atoms with van der Waals surface area (Å²) in [6.45, 7) is 7.91. The largest absolute Gasteiger partial charge is 0.394 e. The third-order valence-corrected chi connectivity index (χ3v) is 3.65. The van der Waals surface area contributed by atoms with Gasteiger partial charge in [0.1, 0.15) is 0 Å². The van der Waals surface area contributed by atoms with Gasteiger partial charge < -0.3 is 14.4 Å². The molecule has 122 valence electrons. The molecule has 2 rings (SSSR count). The maximum absolute atomic E-state index is 11.8. The van der Waals surface area contributed by atoms with E-state index in [4.69, 9.17) is 4.74 Å². The van der Waals surface area contributed by atoms with Crippen LogP contribution in [0.3, 0.4) is 0 Å². The first-order chi connectivity index (χ1) is 10.6. The fraction of sp³-hybridized carbons (Fsp3) is 0.462. The molecule has 0 aromatic carbocycles. The lowest BCUT2D eigenvalue weighted by Crippen LogP contribution is -2.21. The van der Waals surface area contributed by atoms with Gasteiger partial charge in [0.15, 0.2) is 11.2 Å². The van der Waals surface area contributed by atoms with Gasteiger partial charge in [0.25, 0.3) is 5.56 Å². The van der Waals surface area contributed by atoms with Crippen molar-refractivity contribution in [2.45, 2.75) is 25.5 Å². The molecular formula is C13H20IN5O3. The number of aromatic nitrogens is 4. The van der Waals surface area contributed by atoms with Crippen molar-refractivity contribution >= 4 is 40.0 Å². The van der Waals surface area contributed by atoms with Crippen LogP contribution in [0.1, 0.15) is 19.4 Å². The van der Waals surface area contributed by atoms with Crippen LogP contribution >= 0.6 is 22.9 Å². The summed E-state index contributed by atoms with van der Waals surface area (Å²) in [6.07, 6.45) is 1.92. The molecule has 0 saturated carbocycles. The van der Waals surface area contributed by atoms with Crippen LogP contribution in [0.2, 0.25) is 0 Å². The molecule has 2 heterocycles. The Morgan fingerprint density at radius 2 is 2.27 bits per heavy atom. The Labute approximate surface area is 142 Å². The van der Waals surface area contributed by atoms with Crippen LogP contribution in [0.15, 0.2) is 24.3 Å². The van der Waals surface area contributed by atoms with Gasteiger partial charge in [-0.2, -0.15) is 4.98 Å². The summed E-state index contributed by atoms with van der Waals surface area (Å²) < 4.78 is 9.75. The van der Waals surface area contributed by atoms with Gasteiger partial charge >= 0.3 is 0 Å². The minimum Gasteiger partial charge on any atom is -0.394 e. The van der Waals surface area contributed by atoms with Gasteiger partial charge in [-0.15, -0.1) is 13.2 Å². The average molecular weight is 421 g/mol. The zero-order valence-electron chi connectivity index (χ0n) is 12.5. The van der Waals surface area contributed by atoms with Crippen LogP contribution in [0.25, 0.3) is 11.2 Å². The number of nitrogens with zero attached hydrogens (tertiary/aromatic N) is 3. The van der Waals surface area contributed by atoms with Crippen molar-refractivity contribution in [2.75, 3.05) is 17.2 Å². The summed E-state index contributed by atoms with van der Waals surface area (Å²) >= 11 is 1.90. The molecule has 2 unspecified atom stereocenters. The molecule has 0 aliphatic rings. The van der Waals surface area contributed by atoms with Crippen LogP contribution in [0.4, 0.5) is 5.95 Å². The number of fused-ring (bicyclic) bond motifs is 1. The lowest BCUT2D eigenvalue weighted by molar-refractivity contribution is 0.0348. The van der Waals surface area contributed by atoms with E-state index in [9.17, 15) is 9.90 Å². The van der Waals surface area contributed by atoms with Crippen molar-refractivity contribution in [1.29, 1.82) is 0 Å². The van der Waals surface area contributed by atoms with Crippen LogP contribution < -0.4 is 9.09 Å². The van der Waals surface area contributed by atoms with E-state index in [1.807, 2.05) is 34.4 Å². The molecular weight excluding hydrogens is 401 g/mol. The molecule has 0 aliphatic heterocycles. The van der Waals surface area contributed by atoms with Crippen LogP contribution in [-0.2, 0) is 4.74 Å². The summed E-state index contributed by atoms with van der Waals surface area (Å²) in [5.74, 6) is 0.377. The van der Waals surface area contributed by atoms with Gasteiger partial charge in [0.05, 0.1) is 41.9 Å². The first-order valence-corrected chi connectivity index (χ1v) is 7.65. The number of halogens is 1. The van der Waals surface area contributed by atoms with Gasteiger partial charge in [-0.1, -0.05) is 0 Å². The monoisotopic (exact) mass is 421 g/mol. The molecule has 0 radical (unpaired) electrons. The highest BCUT2D eigenvalue weighted by Crippen LogP contribution is 2.19. The van der Waals surface area contributed by atoms with E-state index in [1.165, 1.54) is 0 Å². The zero-order chi connectivity index (χ0) is 16.7. The number of hydrogen-bond acceptors (Lipinski definition) is 6. The van der Waals surface area contributed by atoms with Crippen molar-refractivity contribution in [3.05, 3.63) is 29.8 Å². The fourth-order valence-corrected chi connectivity index (χ4v) is 2.29. The van der Waals surface area contributed by atoms with E-state index >= 15 is 0 Å². The Balaban J connectivity index is 0.00000116. The van der Waals surface area contributed by atoms with E-state index in [2.05, 4.69) is 31.6 Å². The molecule has 8 nitrogen and oxygen atoms in total. The summed E-state index contributed by atoms with van der Waals surface area (Å²) in [6, 6.07) is -0.00605. The molecule has 2 aromatic rings. The minimum atomic E-state index is -0.287. The number of ether oxygens (including phenoxy) is 1. The number of aliphatic hydroxyl groups excluding tert-OH is 1. The lowest BCUT2D eigenvalue weighted by atomic mass is 10.1. The molecule has 2 aromatic heterocycles. The highest BCUT2D eigenvalue weighted by Gasteiger charge is 2.17. The van der Waals surface area contributed by atoms with Gasteiger partial charge in [0, 0.05) is 13.2 Å². The highest BCUT2D eigenvalue weighted by atomic mass is 127. The molecule has 0 bridgehead atoms. The number of nitrogens with one attached hydrogen (secondary N) is 2. The first kappa shape index (κ1) is 18.6. The number of aromatic amines is 1. The number of hydrogen-bond donors (Lipinski definition) is 3. The SMILES string of the molecule is C=C.COC(CO)CC(C)n1cnc2c(=O)[nH]c(NI)nc21. The van der Waals surface area contributed by atoms with E-state index in [1.54, 1.807) is 13.4 Å². The summed E-state index contributed by atoms with van der Waals surface area (Å²) in [5.41, 5.74) is 0.518. The molecule has 0 amide bonds. The highest BCUT2D eigenvalue weighted by molar-refractivity contribution is 14.1. The van der Waals surface area contributed by atoms with Crippen molar-refractivity contribution in [3.63, 3.8) is 0 Å². The Morgan fingerprint density at radius 3 is 2.82 bits per heavy atom. The quantitative estimate of drug-likeness (QED) is 0.372. The smallest absolute Gasteiger partial charge is 0.280 e. The molecule has 0 fully saturated rings. The molecule has 22 heavy (non-hydrogen) atoms. The van der Waals surface area contributed by atoms with E-state index in [-0.39, 0.29) is 24.3 Å². The second-order valence-corrected chi connectivity index (χ2v) is 5.00. The third kappa shape index (κ3) is 4.05. The predicted octanol–water partition coefficient (Wildman–Crippen LogP) is 1.64. The maximum atomic E-state index is 11.8. The molecule has 9 heteroatoms. The Hall–Kier alpha value is -1.46. The third-order valence-electron chi connectivity index (χ3n) is 3.14. The van der Waals surface area contributed by atoms with E-state index in [0.717, 1.165) is 0 Å². The second kappa shape index (κ2) is 8.86. The van der Waals surface area contributed by atoms with Gasteiger partial charge in [-0.05, 0) is 13.3 Å². The number of imidazole rings is 1. The van der Waals surface area contributed by atoms with E-state index < -0.39 is 0 Å². The second-order valence-electron chi connectivity index (χ2n) is 4.46. The summed E-state index contributed by atoms with van der Waals surface area (Å²) in [4.78, 5) is 22.9. The average Bonchev–Trinajstić information content (AvgIpc) is 2.98. The van der Waals surface area contributed by atoms with Crippen molar-refractivity contribution in [2.24, 2.45) is 0 Å². The van der Waals surface area contributed by atoms with Gasteiger partial charge in [-0.25, -0.2) is 4.98 Å². The number of H-pyrrole nitrogens is 1. The zero-order valence-corrected chi connectivity index (χ0v) is 14.7. The van der Waals surface area contributed by atoms with E-state index in [0.29, 0.717) is 23.5 Å². The number of rotatable bonds is 6. The standard InChI is InChI=1S/C11H16IN5O3.C2H4/c1-6(3-7(4-18)20-2)17-5-13-8-9(17)14-11(16-12)15-10(8)19;1-2/h5-7,18H,3-4H2,1-2H3,(H2,14,15,16,19);1-2H2. The summed E-state index contributed by atoms with van der Waals surface area (Å²) in [7, 11) is 1.56. The summed E-state index contributed by atoms with van der Waals surface area (Å²) in [5, 5.41) is 9.18. The minimum absolute atomic E-state index is 0.00605. The topological polar surface area (TPSA) is 105 Å². The van der Waals surface area contributed by atoms with Gasteiger partial charge in [-0.3, -0.25) is 13.3 Å². The molecule has 0 spiro atoms. The Kier molecular flexibility index (Phi) is 7.48. The normalized spacial score (nSPS) is 13.3. The molecule has 0 saturated heterocycles. The number of anilines is 1. The van der Waals surface area contributed by atoms with Crippen molar-refractivity contribution in [3.8, 4) is 0 Å². The molecule has 3 N–H and O–H groups in total. The fourth-order valence-electron chi connectivity index (χ4n) is 2.03. The number of methoxy groups -OCH3 is 1. The first-order valence-electron chi connectivity index (χ1n) is 6.57. The van der Waals surface area contributed by atoms with Gasteiger partial charge in [0.2, 0.25) is 5.95 Å². The molecule has 0 aliphatic carbocycles. The Bertz CT molecular complexity index is 653. The molecule has 2 atom stereocenters. The maximum Gasteiger partial charge on any atom is 0.280 e. The van der Waals surface area contributed by atoms with Crippen molar-refractivity contribution < 1.29 is 9.84 Å². The number of aliphatic hydroxyl groups is 1. The van der Waals surface area contributed by atoms with Crippen LogP contribution in [0, 0.1) is 0 Å².